The molecule has 0 bridgehead atoms. The fourth-order valence-electron chi connectivity index (χ4n) is 8.09. The number of nitrogens with one attached hydrogen (secondary N) is 2. The molecule has 8 rings (SSSR count). The Kier molecular flexibility index (Phi) is 11.8. The van der Waals surface area contributed by atoms with Crippen molar-refractivity contribution in [2.75, 3.05) is 43.9 Å². The third kappa shape index (κ3) is 8.92. The molecule has 3 aliphatic rings. The predicted molar refractivity (Wildman–Crippen MR) is 221 cm³/mol. The number of hydrogen-bond acceptors (Lipinski definition) is 9. The number of aromatic nitrogens is 5. The molecule has 57 heavy (non-hydrogen) atoms. The first-order valence-electron chi connectivity index (χ1n) is 20.0. The smallest absolute Gasteiger partial charge is 0.320 e. The van der Waals surface area contributed by atoms with Crippen LogP contribution in [-0.4, -0.2) is 97.6 Å². The number of urea groups is 1. The highest BCUT2D eigenvalue weighted by Gasteiger charge is 2.31. The summed E-state index contributed by atoms with van der Waals surface area (Å²) in [5, 5.41) is 27.3. The number of rotatable bonds is 9. The lowest BCUT2D eigenvalue weighted by Gasteiger charge is -2.42. The van der Waals surface area contributed by atoms with E-state index in [1.54, 1.807) is 0 Å². The molecule has 3 N–H and O–H groups in total. The van der Waals surface area contributed by atoms with Gasteiger partial charge in [0.2, 0.25) is 5.95 Å². The minimum Gasteiger partial charge on any atom is -0.484 e. The van der Waals surface area contributed by atoms with Gasteiger partial charge in [-0.05, 0) is 94.1 Å². The molecule has 302 valence electrons. The number of carbonyl (C=O) groups excluding carboxylic acids is 1. The van der Waals surface area contributed by atoms with Crippen molar-refractivity contribution in [3.8, 4) is 11.4 Å². The van der Waals surface area contributed by atoms with E-state index in [4.69, 9.17) is 19.7 Å². The van der Waals surface area contributed by atoms with Crippen molar-refractivity contribution >= 4 is 29.9 Å². The van der Waals surface area contributed by atoms with Gasteiger partial charge in [-0.2, -0.15) is 5.10 Å². The quantitative estimate of drug-likeness (QED) is 0.137. The molecule has 5 heterocycles. The minimum absolute atomic E-state index is 0.151. The molecule has 2 aromatic carbocycles. The number of anilines is 2. The van der Waals surface area contributed by atoms with Crippen LogP contribution in [0.25, 0.3) is 11.3 Å². The molecule has 0 saturated carbocycles. The molecule has 5 aromatic rings. The number of carboxylic acid groups (broad SMARTS) is 1. The summed E-state index contributed by atoms with van der Waals surface area (Å²) in [4.78, 5) is 29.3. The molecule has 0 spiro atoms. The van der Waals surface area contributed by atoms with Gasteiger partial charge in [0.25, 0.3) is 6.47 Å². The average Bonchev–Trinajstić information content (AvgIpc) is 3.79. The van der Waals surface area contributed by atoms with E-state index in [-0.39, 0.29) is 30.1 Å². The summed E-state index contributed by atoms with van der Waals surface area (Å²) < 4.78 is 10.6. The highest BCUT2D eigenvalue weighted by Crippen LogP contribution is 2.39. The Balaban J connectivity index is 0.00000160. The standard InChI is InChI=1S/C42H54N10O2.CH2O2/c1-28-12-9-10-21-50(28)41-46-45-38-20-17-32(27-51(38)41)54-36-19-18-35(33-15-7-8-16-34(33)36)43-40(53)44-39-23-37(42(2,3)4)47-52(39)30-14-11-13-29(22-30)24-49-25-31(26-49)48(5)6;2-1-3/h7-8,11,13-17,20,22-23,27-28,31,35-36H,9-10,12,18-19,21,24-26H2,1-6H3,(H2,43,44,53);1H,(H,2,3)/t28-,35-,36+;/m0./s1. The number of likely N-dealkylation sites (tertiary alicyclic amines) is 1. The average molecular weight is 777 g/mol. The van der Waals surface area contributed by atoms with Crippen molar-refractivity contribution in [2.45, 2.75) is 96.0 Å². The summed E-state index contributed by atoms with van der Waals surface area (Å²) in [6.07, 6.45) is 6.92. The third-order valence-electron chi connectivity index (χ3n) is 11.4. The summed E-state index contributed by atoms with van der Waals surface area (Å²) in [5.41, 5.74) is 5.82. The number of likely N-dealkylation sites (N-methyl/N-ethyl adjacent to an activating group) is 1. The first-order chi connectivity index (χ1) is 27.4. The van der Waals surface area contributed by atoms with Crippen LogP contribution in [0.3, 0.4) is 0 Å². The van der Waals surface area contributed by atoms with E-state index < -0.39 is 0 Å². The molecular formula is C43H56N10O4. The van der Waals surface area contributed by atoms with Gasteiger partial charge < -0.3 is 25.0 Å². The van der Waals surface area contributed by atoms with E-state index in [1.165, 1.54) is 12.0 Å². The molecule has 2 fully saturated rings. The van der Waals surface area contributed by atoms with E-state index in [1.807, 2.05) is 41.2 Å². The van der Waals surface area contributed by atoms with E-state index in [9.17, 15) is 4.79 Å². The number of carbonyl (C=O) groups is 2. The molecule has 3 aromatic heterocycles. The van der Waals surface area contributed by atoms with Crippen LogP contribution < -0.4 is 20.3 Å². The molecule has 14 nitrogen and oxygen atoms in total. The molecule has 2 amide bonds. The van der Waals surface area contributed by atoms with Crippen molar-refractivity contribution in [2.24, 2.45) is 0 Å². The van der Waals surface area contributed by atoms with E-state index in [2.05, 4.69) is 118 Å². The number of amides is 2. The van der Waals surface area contributed by atoms with Gasteiger partial charge in [0.05, 0.1) is 23.6 Å². The van der Waals surface area contributed by atoms with Gasteiger partial charge in [-0.1, -0.05) is 57.2 Å². The largest absolute Gasteiger partial charge is 0.484 e. The molecule has 1 aliphatic carbocycles. The Bertz CT molecular complexity index is 2170. The Hall–Kier alpha value is -5.47. The van der Waals surface area contributed by atoms with Crippen LogP contribution in [0.15, 0.2) is 72.9 Å². The maximum Gasteiger partial charge on any atom is 0.320 e. The number of benzene rings is 2. The number of pyridine rings is 1. The zero-order chi connectivity index (χ0) is 40.3. The van der Waals surface area contributed by atoms with Gasteiger partial charge in [0, 0.05) is 49.7 Å². The van der Waals surface area contributed by atoms with Crippen LogP contribution in [0, 0.1) is 0 Å². The SMILES string of the molecule is C[C@H]1CCCCN1c1nnc2ccc(O[C@@H]3CC[C@H](NC(=O)Nc4cc(C(C)(C)C)nn4-c4cccc(CN5CC(N(C)C)C5)c4)c4ccccc43)cn12.O=CO. The number of piperidine rings is 1. The van der Waals surface area contributed by atoms with Crippen LogP contribution in [0.4, 0.5) is 16.6 Å². The Morgan fingerprint density at radius 2 is 1.75 bits per heavy atom. The van der Waals surface area contributed by atoms with Crippen molar-refractivity contribution in [3.63, 3.8) is 0 Å². The fourth-order valence-corrected chi connectivity index (χ4v) is 8.09. The zero-order valence-corrected chi connectivity index (χ0v) is 33.9. The van der Waals surface area contributed by atoms with Crippen molar-refractivity contribution < 1.29 is 19.4 Å². The number of fused-ring (bicyclic) bond motifs is 2. The third-order valence-corrected chi connectivity index (χ3v) is 11.4. The number of ether oxygens (including phenoxy) is 1. The highest BCUT2D eigenvalue weighted by atomic mass is 16.5. The van der Waals surface area contributed by atoms with Crippen molar-refractivity contribution in [1.82, 2.24) is 39.5 Å². The topological polar surface area (TPSA) is 145 Å². The van der Waals surface area contributed by atoms with Gasteiger partial charge in [-0.15, -0.1) is 10.2 Å². The van der Waals surface area contributed by atoms with Crippen LogP contribution in [0.5, 0.6) is 5.75 Å². The maximum absolute atomic E-state index is 13.8. The van der Waals surface area contributed by atoms with Gasteiger partial charge in [0.15, 0.2) is 5.65 Å². The van der Waals surface area contributed by atoms with Gasteiger partial charge in [-0.25, -0.2) is 9.48 Å². The second-order valence-electron chi connectivity index (χ2n) is 16.8. The zero-order valence-electron chi connectivity index (χ0n) is 33.9. The first kappa shape index (κ1) is 39.8. The normalized spacial score (nSPS) is 20.0. The van der Waals surface area contributed by atoms with E-state index in [0.717, 1.165) is 91.7 Å². The molecule has 2 aliphatic heterocycles. The summed E-state index contributed by atoms with van der Waals surface area (Å²) in [5.74, 6) is 2.28. The lowest BCUT2D eigenvalue weighted by Crippen LogP contribution is -2.56. The van der Waals surface area contributed by atoms with Crippen molar-refractivity contribution in [1.29, 1.82) is 0 Å². The molecule has 3 atom stereocenters. The van der Waals surface area contributed by atoms with Gasteiger partial charge >= 0.3 is 6.03 Å². The Morgan fingerprint density at radius 3 is 2.49 bits per heavy atom. The number of nitrogens with zero attached hydrogens (tertiary/aromatic N) is 8. The summed E-state index contributed by atoms with van der Waals surface area (Å²) in [6.45, 7) is 12.4. The molecule has 0 unspecified atom stereocenters. The summed E-state index contributed by atoms with van der Waals surface area (Å²) in [6, 6.07) is 23.3. The predicted octanol–water partition coefficient (Wildman–Crippen LogP) is 6.81. The van der Waals surface area contributed by atoms with Crippen LogP contribution in [0.1, 0.15) is 94.3 Å². The lowest BCUT2D eigenvalue weighted by molar-refractivity contribution is -0.122. The maximum atomic E-state index is 13.8. The highest BCUT2D eigenvalue weighted by molar-refractivity contribution is 5.89. The van der Waals surface area contributed by atoms with Crippen molar-refractivity contribution in [3.05, 3.63) is 95.3 Å². The summed E-state index contributed by atoms with van der Waals surface area (Å²) >= 11 is 0. The lowest BCUT2D eigenvalue weighted by atomic mass is 9.85. The van der Waals surface area contributed by atoms with E-state index >= 15 is 0 Å². The molecule has 0 radical (unpaired) electrons. The second kappa shape index (κ2) is 16.9. The number of hydrogen-bond donors (Lipinski definition) is 3. The van der Waals surface area contributed by atoms with Gasteiger partial charge in [0.1, 0.15) is 17.7 Å². The van der Waals surface area contributed by atoms with Crippen LogP contribution in [0.2, 0.25) is 0 Å². The molecule has 14 heteroatoms. The molecular weight excluding hydrogens is 721 g/mol. The summed E-state index contributed by atoms with van der Waals surface area (Å²) in [7, 11) is 4.29. The Labute approximate surface area is 334 Å². The van der Waals surface area contributed by atoms with Gasteiger partial charge in [-0.3, -0.25) is 19.4 Å². The Morgan fingerprint density at radius 1 is 0.982 bits per heavy atom. The fraction of sp³-hybridized carbons (Fsp3) is 0.465. The van der Waals surface area contributed by atoms with Crippen LogP contribution in [-0.2, 0) is 16.8 Å². The monoisotopic (exact) mass is 776 g/mol. The van der Waals surface area contributed by atoms with E-state index in [0.29, 0.717) is 17.9 Å². The van der Waals surface area contributed by atoms with Crippen LogP contribution >= 0.6 is 0 Å². The second-order valence-corrected chi connectivity index (χ2v) is 16.8. The minimum atomic E-state index is -0.264. The first-order valence-corrected chi connectivity index (χ1v) is 20.0. The molecule has 2 saturated heterocycles.